The molecule has 0 saturated carbocycles. The van der Waals surface area contributed by atoms with Crippen molar-refractivity contribution in [3.05, 3.63) is 77.9 Å². The number of amides is 8. The van der Waals surface area contributed by atoms with Crippen LogP contribution in [-0.4, -0.2) is 227 Å². The number of primary amides is 1. The third-order valence-corrected chi connectivity index (χ3v) is 17.0. The van der Waals surface area contributed by atoms with Crippen LogP contribution in [0.25, 0.3) is 21.1 Å². The van der Waals surface area contributed by atoms with Gasteiger partial charge in [0.25, 0.3) is 16.3 Å². The standard InChI is InChI=1S/C55H69N11O20S2.Na/c1-25-23-66-43(44(25)73)51(80)57-22-32(68)19-34(58-47(76)27-6-8-28(9-7-27)52-62-63-53(87-52)29-10-13-31(14-11-29)64-16-4-3-5-17-64)48(77)59-40(26(2)67)54(81)65-24-33(69)20-35(65)49(78)61-42(50(79)60-41(55(66)82)37(71)21-39(56)72)46(75)45(74)30-12-15-36(70)38(18-30)86-88(83,84)85;/h6-15,18,25-26,32-35,37,40-46,67-71,73-75H,3-5,16-17,19-24H2,1-2H3,(H2,56,72)(H,57,80)(H,58,76)(H,59,77)(H,60,79)(H,61,78)(H,83,84,85);/q;+1/p-1/t25-,26+,32+,33+,34-,35?,37+,40?,41?,42?,43?,44-,45-,46-;/m0./s1. The third-order valence-electron chi connectivity index (χ3n) is 15.6. The molecule has 0 bridgehead atoms. The van der Waals surface area contributed by atoms with Crippen molar-refractivity contribution < 1.29 is 126 Å². The van der Waals surface area contributed by atoms with E-state index in [1.165, 1.54) is 36.8 Å². The van der Waals surface area contributed by atoms with E-state index in [-0.39, 0.29) is 35.1 Å². The molecule has 89 heavy (non-hydrogen) atoms. The number of benzene rings is 3. The average molecular weight is 1290 g/mol. The third kappa shape index (κ3) is 16.9. The molecule has 4 fully saturated rings. The Hall–Kier alpha value is -6.99. The summed E-state index contributed by atoms with van der Waals surface area (Å²) in [6, 6.07) is 3.59. The Morgan fingerprint density at radius 2 is 1.37 bits per heavy atom. The van der Waals surface area contributed by atoms with Crippen LogP contribution in [0.5, 0.6) is 11.5 Å². The molecule has 1 aromatic heterocycles. The summed E-state index contributed by atoms with van der Waals surface area (Å²) >= 11 is 1.31. The first-order valence-corrected chi connectivity index (χ1v) is 30.2. The van der Waals surface area contributed by atoms with Crippen LogP contribution in [0, 0.1) is 5.92 Å². The van der Waals surface area contributed by atoms with E-state index in [9.17, 15) is 92.2 Å². The monoisotopic (exact) mass is 1290 g/mol. The Bertz CT molecular complexity index is 3360. The number of fused-ring (bicyclic) bond motifs is 2. The van der Waals surface area contributed by atoms with E-state index >= 15 is 0 Å². The predicted molar refractivity (Wildman–Crippen MR) is 305 cm³/mol. The summed E-state index contributed by atoms with van der Waals surface area (Å²) in [6.07, 6.45) is -13.3. The Morgan fingerprint density at radius 1 is 0.775 bits per heavy atom. The summed E-state index contributed by atoms with van der Waals surface area (Å²) in [5.41, 5.74) is 7.28. The number of piperidine rings is 1. The van der Waals surface area contributed by atoms with Crippen LogP contribution in [0.2, 0.25) is 0 Å². The number of phenolic OH excluding ortho intramolecular Hbond substituents is 1. The fraction of sp³-hybridized carbons (Fsp3) is 0.491. The summed E-state index contributed by atoms with van der Waals surface area (Å²) in [5.74, 6) is -13.2. The second kappa shape index (κ2) is 29.8. The minimum absolute atomic E-state index is 0. The topological polar surface area (TPSA) is 486 Å². The number of β-amino-alcohol motifs (C(OH)–C–C–N with tert-alkyl or cyclic N) is 1. The van der Waals surface area contributed by atoms with Gasteiger partial charge in [-0.1, -0.05) is 36.5 Å². The van der Waals surface area contributed by atoms with E-state index in [2.05, 4.69) is 45.9 Å². The molecule has 476 valence electrons. The molecule has 3 aromatic carbocycles. The number of carbonyl (C=O) groups excluding carboxylic acids is 8. The summed E-state index contributed by atoms with van der Waals surface area (Å²) in [7, 11) is -5.59. The smallest absolute Gasteiger partial charge is 0.716 e. The molecule has 4 aliphatic rings. The summed E-state index contributed by atoms with van der Waals surface area (Å²) < 4.78 is 38.6. The van der Waals surface area contributed by atoms with Crippen molar-refractivity contribution in [1.82, 2.24) is 46.6 Å². The number of aliphatic hydroxyl groups is 7. The van der Waals surface area contributed by atoms with Gasteiger partial charge < -0.3 is 96.6 Å². The van der Waals surface area contributed by atoms with Gasteiger partial charge in [0.15, 0.2) is 11.5 Å². The van der Waals surface area contributed by atoms with Crippen LogP contribution in [-0.2, 0) is 44.0 Å². The first-order chi connectivity index (χ1) is 41.6. The SMILES string of the molecule is C[C@@H](O)C1NC(=O)[C@@H](NC(=O)c2ccc(-c3nnc(-c4ccc(N5CCCCC5)cc4)s3)cc2)C[C@@H](O)CNC(=O)C2[C@@H](O)[C@@H](C)CN2C(=O)C([C@H](O)CC(N)=O)NC(=O)C([C@H](O)[C@@H](O)c2ccc(O)c(OS(=O)(=O)[O-])c2)NC(=O)C2C[C@@H](O)CN2C1=O.[Na+]. The van der Waals surface area contributed by atoms with Crippen molar-refractivity contribution in [2.24, 2.45) is 11.7 Å². The number of nitrogens with zero attached hydrogens (tertiary/aromatic N) is 5. The molecule has 4 aliphatic heterocycles. The Kier molecular flexibility index (Phi) is 23.2. The predicted octanol–water partition coefficient (Wildman–Crippen LogP) is -7.27. The van der Waals surface area contributed by atoms with Crippen LogP contribution < -0.4 is 71.0 Å². The minimum atomic E-state index is -5.59. The molecule has 8 rings (SSSR count). The van der Waals surface area contributed by atoms with E-state index in [0.717, 1.165) is 50.2 Å². The van der Waals surface area contributed by atoms with Crippen molar-refractivity contribution in [2.45, 2.75) is 131 Å². The molecule has 14 atom stereocenters. The fourth-order valence-electron chi connectivity index (χ4n) is 10.9. The van der Waals surface area contributed by atoms with Crippen molar-refractivity contribution in [2.75, 3.05) is 37.6 Å². The molecule has 34 heteroatoms. The number of rotatable bonds is 14. The Balaban J connectivity index is 0.0000113. The number of carbonyl (C=O) groups is 8. The zero-order valence-corrected chi connectivity index (χ0v) is 52.0. The van der Waals surface area contributed by atoms with Gasteiger partial charge in [0.1, 0.15) is 58.5 Å². The maximum absolute atomic E-state index is 14.7. The number of anilines is 1. The van der Waals surface area contributed by atoms with Gasteiger partial charge in [-0.3, -0.25) is 38.4 Å². The van der Waals surface area contributed by atoms with Gasteiger partial charge in [0.2, 0.25) is 41.4 Å². The van der Waals surface area contributed by atoms with Gasteiger partial charge >= 0.3 is 29.6 Å². The van der Waals surface area contributed by atoms with E-state index in [1.807, 2.05) is 24.3 Å². The number of hydrogen-bond acceptors (Lipinski definition) is 24. The number of aromatic hydroxyl groups is 1. The molecule has 31 nitrogen and oxygen atoms in total. The van der Waals surface area contributed by atoms with Gasteiger partial charge in [-0.25, -0.2) is 8.42 Å². The molecular formula is C55H68N11NaO20S2. The molecule has 5 unspecified atom stereocenters. The Morgan fingerprint density at radius 3 is 1.98 bits per heavy atom. The number of aromatic nitrogens is 2. The first-order valence-electron chi connectivity index (χ1n) is 28.0. The quantitative estimate of drug-likeness (QED) is 0.0317. The molecule has 5 heterocycles. The summed E-state index contributed by atoms with van der Waals surface area (Å²) in [4.78, 5) is 117. The van der Waals surface area contributed by atoms with Crippen LogP contribution in [0.3, 0.4) is 0 Å². The van der Waals surface area contributed by atoms with Gasteiger partial charge in [0.05, 0.1) is 36.9 Å². The molecule has 0 spiro atoms. The van der Waals surface area contributed by atoms with E-state index in [0.29, 0.717) is 37.5 Å². The summed E-state index contributed by atoms with van der Waals surface area (Å²) in [6.45, 7) is 2.52. The number of nitrogens with one attached hydrogen (secondary N) is 5. The second-order valence-corrected chi connectivity index (χ2v) is 24.1. The molecule has 4 aromatic rings. The van der Waals surface area contributed by atoms with Crippen molar-refractivity contribution in [3.8, 4) is 32.6 Å². The summed E-state index contributed by atoms with van der Waals surface area (Å²) in [5, 5.41) is 111. The van der Waals surface area contributed by atoms with Gasteiger partial charge in [-0.05, 0) is 80.3 Å². The molecule has 0 aliphatic carbocycles. The molecule has 4 saturated heterocycles. The zero-order valence-electron chi connectivity index (χ0n) is 48.3. The van der Waals surface area contributed by atoms with E-state index in [4.69, 9.17) is 5.73 Å². The van der Waals surface area contributed by atoms with E-state index < -0.39 is 199 Å². The molecule has 15 N–H and O–H groups in total. The first kappa shape index (κ1) is 69.5. The Labute approximate surface area is 535 Å². The molecular weight excluding hydrogens is 1220 g/mol. The second-order valence-electron chi connectivity index (χ2n) is 22.1. The van der Waals surface area contributed by atoms with Crippen LogP contribution >= 0.6 is 11.3 Å². The van der Waals surface area contributed by atoms with Crippen LogP contribution in [0.4, 0.5) is 5.69 Å². The number of nitrogens with two attached hydrogens (primary N) is 1. The van der Waals surface area contributed by atoms with Crippen molar-refractivity contribution in [1.29, 1.82) is 0 Å². The largest absolute Gasteiger partial charge is 1.00 e. The number of phenols is 1. The normalized spacial score (nSPS) is 26.6. The van der Waals surface area contributed by atoms with Crippen molar-refractivity contribution >= 4 is 74.7 Å². The maximum atomic E-state index is 14.7. The van der Waals surface area contributed by atoms with Crippen molar-refractivity contribution in [3.63, 3.8) is 0 Å². The van der Waals surface area contributed by atoms with Crippen LogP contribution in [0.15, 0.2) is 66.7 Å². The van der Waals surface area contributed by atoms with Gasteiger partial charge in [-0.15, -0.1) is 10.2 Å². The molecule has 0 radical (unpaired) electrons. The van der Waals surface area contributed by atoms with Gasteiger partial charge in [-0.2, -0.15) is 0 Å². The maximum Gasteiger partial charge on any atom is 1.00 e. The van der Waals surface area contributed by atoms with E-state index in [1.54, 1.807) is 12.1 Å². The van der Waals surface area contributed by atoms with Crippen LogP contribution in [0.1, 0.15) is 74.4 Å². The number of aliphatic hydroxyl groups excluding tert-OH is 7. The molecule has 8 amide bonds. The van der Waals surface area contributed by atoms with Gasteiger partial charge in [0, 0.05) is 73.9 Å². The fourth-order valence-corrected chi connectivity index (χ4v) is 12.1. The number of hydrogen-bond donors (Lipinski definition) is 14. The minimum Gasteiger partial charge on any atom is -0.716 e. The zero-order chi connectivity index (χ0) is 64.1. The average Bonchev–Trinajstić information content (AvgIpc) is 2.05.